The summed E-state index contributed by atoms with van der Waals surface area (Å²) < 4.78 is 12.3. The minimum Gasteiger partial charge on any atom is -0.473 e. The molecule has 0 saturated heterocycles. The number of thiazole rings is 1. The summed E-state index contributed by atoms with van der Waals surface area (Å²) in [5, 5.41) is 8.91. The van der Waals surface area contributed by atoms with E-state index in [1.807, 2.05) is 59.3 Å². The minimum atomic E-state index is 0.362. The van der Waals surface area contributed by atoms with Gasteiger partial charge in [0, 0.05) is 21.3 Å². The van der Waals surface area contributed by atoms with Crippen LogP contribution in [0.25, 0.3) is 33.0 Å². The number of halogens is 1. The Hall–Kier alpha value is -2.88. The standard InChI is InChI=1S/C21H13BrN4O2S2/c22-14-9-17(29-11-14)21-24-16(12-30-21)20-25-19(26-28-20)15-7-4-8-18(23-15)27-10-13-5-2-1-3-6-13/h1-9,11-12H,10H2. The zero-order valence-corrected chi connectivity index (χ0v) is 18.6. The van der Waals surface area contributed by atoms with E-state index in [0.29, 0.717) is 35.6 Å². The van der Waals surface area contributed by atoms with E-state index in [9.17, 15) is 0 Å². The number of rotatable bonds is 6. The highest BCUT2D eigenvalue weighted by Gasteiger charge is 2.16. The van der Waals surface area contributed by atoms with Gasteiger partial charge in [0.05, 0.1) is 4.88 Å². The van der Waals surface area contributed by atoms with Gasteiger partial charge in [0.2, 0.25) is 11.7 Å². The van der Waals surface area contributed by atoms with Gasteiger partial charge in [-0.05, 0) is 33.6 Å². The van der Waals surface area contributed by atoms with Gasteiger partial charge in [-0.15, -0.1) is 22.7 Å². The number of benzene rings is 1. The summed E-state index contributed by atoms with van der Waals surface area (Å²) in [5.41, 5.74) is 2.30. The summed E-state index contributed by atoms with van der Waals surface area (Å²) in [5.74, 6) is 1.26. The number of pyridine rings is 1. The Morgan fingerprint density at radius 1 is 0.900 bits per heavy atom. The van der Waals surface area contributed by atoms with Gasteiger partial charge in [0.25, 0.3) is 5.89 Å². The first-order valence-corrected chi connectivity index (χ1v) is 11.5. The Balaban J connectivity index is 1.33. The van der Waals surface area contributed by atoms with Crippen LogP contribution in [-0.2, 0) is 6.61 Å². The molecule has 0 unspecified atom stereocenters. The fourth-order valence-corrected chi connectivity index (χ4v) is 4.99. The molecular weight excluding hydrogens is 484 g/mol. The van der Waals surface area contributed by atoms with Crippen LogP contribution >= 0.6 is 38.6 Å². The molecule has 9 heteroatoms. The van der Waals surface area contributed by atoms with Crippen molar-refractivity contribution in [3.05, 3.63) is 75.4 Å². The molecule has 0 N–H and O–H groups in total. The van der Waals surface area contributed by atoms with Crippen LogP contribution in [0, 0.1) is 0 Å². The van der Waals surface area contributed by atoms with Crippen molar-refractivity contribution in [3.8, 4) is 38.9 Å². The molecule has 0 amide bonds. The molecular formula is C21H13BrN4O2S2. The highest BCUT2D eigenvalue weighted by atomic mass is 79.9. The van der Waals surface area contributed by atoms with E-state index in [4.69, 9.17) is 9.26 Å². The number of ether oxygens (including phenoxy) is 1. The second kappa shape index (κ2) is 8.47. The lowest BCUT2D eigenvalue weighted by Crippen LogP contribution is -1.98. The van der Waals surface area contributed by atoms with E-state index >= 15 is 0 Å². The highest BCUT2D eigenvalue weighted by molar-refractivity contribution is 9.10. The second-order valence-electron chi connectivity index (χ2n) is 6.23. The molecule has 5 aromatic rings. The summed E-state index contributed by atoms with van der Waals surface area (Å²) in [6.45, 7) is 0.440. The van der Waals surface area contributed by atoms with Crippen molar-refractivity contribution in [2.75, 3.05) is 0 Å². The predicted molar refractivity (Wildman–Crippen MR) is 120 cm³/mol. The molecule has 4 aromatic heterocycles. The lowest BCUT2D eigenvalue weighted by atomic mass is 10.2. The summed E-state index contributed by atoms with van der Waals surface area (Å²) in [6.07, 6.45) is 0. The fourth-order valence-electron chi connectivity index (χ4n) is 2.69. The van der Waals surface area contributed by atoms with Gasteiger partial charge in [0.15, 0.2) is 0 Å². The third kappa shape index (κ3) is 4.18. The van der Waals surface area contributed by atoms with Gasteiger partial charge in [-0.3, -0.25) is 0 Å². The van der Waals surface area contributed by atoms with Crippen LogP contribution < -0.4 is 4.74 Å². The van der Waals surface area contributed by atoms with E-state index in [1.165, 1.54) is 11.3 Å². The quantitative estimate of drug-likeness (QED) is 0.273. The van der Waals surface area contributed by atoms with Crippen LogP contribution in [0.5, 0.6) is 5.88 Å². The summed E-state index contributed by atoms with van der Waals surface area (Å²) >= 11 is 6.64. The molecule has 0 aliphatic rings. The minimum absolute atomic E-state index is 0.362. The van der Waals surface area contributed by atoms with Gasteiger partial charge < -0.3 is 9.26 Å². The lowest BCUT2D eigenvalue weighted by molar-refractivity contribution is 0.294. The molecule has 0 radical (unpaired) electrons. The van der Waals surface area contributed by atoms with E-state index in [2.05, 4.69) is 36.0 Å². The summed E-state index contributed by atoms with van der Waals surface area (Å²) in [6, 6.07) is 17.5. The monoisotopic (exact) mass is 496 g/mol. The Kier molecular flexibility index (Phi) is 5.39. The third-order valence-corrected chi connectivity index (χ3v) is 6.81. The van der Waals surface area contributed by atoms with Crippen molar-refractivity contribution >= 4 is 38.6 Å². The van der Waals surface area contributed by atoms with Crippen LogP contribution in [-0.4, -0.2) is 20.1 Å². The average Bonchev–Trinajstić information content (AvgIpc) is 3.53. The van der Waals surface area contributed by atoms with E-state index in [0.717, 1.165) is 19.9 Å². The topological polar surface area (TPSA) is 73.9 Å². The van der Waals surface area contributed by atoms with Crippen LogP contribution in [0.3, 0.4) is 0 Å². The van der Waals surface area contributed by atoms with E-state index in [1.54, 1.807) is 17.4 Å². The Morgan fingerprint density at radius 3 is 2.63 bits per heavy atom. The van der Waals surface area contributed by atoms with Crippen LogP contribution in [0.15, 0.2) is 74.4 Å². The van der Waals surface area contributed by atoms with Crippen LogP contribution in [0.4, 0.5) is 0 Å². The number of thiophene rings is 1. The van der Waals surface area contributed by atoms with Gasteiger partial charge >= 0.3 is 0 Å². The maximum Gasteiger partial charge on any atom is 0.277 e. The van der Waals surface area contributed by atoms with Crippen molar-refractivity contribution in [2.24, 2.45) is 0 Å². The molecule has 6 nitrogen and oxygen atoms in total. The van der Waals surface area contributed by atoms with Crippen molar-refractivity contribution in [2.45, 2.75) is 6.61 Å². The van der Waals surface area contributed by atoms with Gasteiger partial charge in [-0.1, -0.05) is 41.6 Å². The first kappa shape index (κ1) is 19.1. The fraction of sp³-hybridized carbons (Fsp3) is 0.0476. The highest BCUT2D eigenvalue weighted by Crippen LogP contribution is 2.34. The average molecular weight is 497 g/mol. The predicted octanol–water partition coefficient (Wildman–Crippen LogP) is 6.33. The van der Waals surface area contributed by atoms with Crippen LogP contribution in [0.2, 0.25) is 0 Å². The van der Waals surface area contributed by atoms with Gasteiger partial charge in [-0.25, -0.2) is 9.97 Å². The smallest absolute Gasteiger partial charge is 0.277 e. The normalized spacial score (nSPS) is 11.0. The zero-order chi connectivity index (χ0) is 20.3. The maximum atomic E-state index is 5.79. The molecule has 0 fully saturated rings. The van der Waals surface area contributed by atoms with Crippen molar-refractivity contribution in [3.63, 3.8) is 0 Å². The summed E-state index contributed by atoms with van der Waals surface area (Å²) in [4.78, 5) is 14.7. The van der Waals surface area contributed by atoms with E-state index in [-0.39, 0.29) is 0 Å². The second-order valence-corrected chi connectivity index (χ2v) is 8.91. The van der Waals surface area contributed by atoms with Crippen molar-refractivity contribution < 1.29 is 9.26 Å². The van der Waals surface area contributed by atoms with Gasteiger partial charge in [0.1, 0.15) is 23.0 Å². The number of aromatic nitrogens is 4. The third-order valence-electron chi connectivity index (χ3n) is 4.11. The van der Waals surface area contributed by atoms with Gasteiger partial charge in [-0.2, -0.15) is 4.98 Å². The molecule has 0 aliphatic carbocycles. The number of hydrogen-bond acceptors (Lipinski definition) is 8. The molecule has 0 atom stereocenters. The molecule has 4 heterocycles. The SMILES string of the molecule is Brc1csc(-c2nc(-c3nc(-c4cccc(OCc5ccccc5)n4)no3)cs2)c1. The van der Waals surface area contributed by atoms with E-state index < -0.39 is 0 Å². The lowest BCUT2D eigenvalue weighted by Gasteiger charge is -2.05. The number of hydrogen-bond donors (Lipinski definition) is 0. The Morgan fingerprint density at radius 2 is 1.80 bits per heavy atom. The molecule has 0 aliphatic heterocycles. The largest absolute Gasteiger partial charge is 0.473 e. The van der Waals surface area contributed by atoms with Crippen molar-refractivity contribution in [1.82, 2.24) is 20.1 Å². The molecule has 5 rings (SSSR count). The Labute approximate surface area is 188 Å². The maximum absolute atomic E-state index is 5.79. The Bertz CT molecular complexity index is 1280. The molecule has 0 spiro atoms. The summed E-state index contributed by atoms with van der Waals surface area (Å²) in [7, 11) is 0. The van der Waals surface area contributed by atoms with Crippen LogP contribution in [0.1, 0.15) is 5.56 Å². The molecule has 0 saturated carbocycles. The molecule has 1 aromatic carbocycles. The number of nitrogens with zero attached hydrogens (tertiary/aromatic N) is 4. The molecule has 30 heavy (non-hydrogen) atoms. The first-order valence-electron chi connectivity index (χ1n) is 8.93. The molecule has 148 valence electrons. The first-order chi connectivity index (χ1) is 14.7. The van der Waals surface area contributed by atoms with Crippen molar-refractivity contribution in [1.29, 1.82) is 0 Å². The zero-order valence-electron chi connectivity index (χ0n) is 15.4. The molecule has 0 bridgehead atoms.